The number of amides is 1. The fourth-order valence-corrected chi connectivity index (χ4v) is 5.15. The van der Waals surface area contributed by atoms with Gasteiger partial charge in [0.05, 0.1) is 11.4 Å². The smallest absolute Gasteiger partial charge is 0.459 e. The van der Waals surface area contributed by atoms with Crippen molar-refractivity contribution in [3.05, 3.63) is 82.2 Å². The topological polar surface area (TPSA) is 62.6 Å². The number of carbonyl (C=O) groups excluding carboxylic acids is 2. The highest BCUT2D eigenvalue weighted by molar-refractivity contribution is 9.10. The number of anilines is 2. The lowest BCUT2D eigenvalue weighted by atomic mass is 9.74. The molecule has 2 heterocycles. The maximum Gasteiger partial charge on any atom is 0.471 e. The van der Waals surface area contributed by atoms with Crippen LogP contribution >= 0.6 is 15.9 Å². The zero-order chi connectivity index (χ0) is 25.8. The monoisotopic (exact) mass is 558 g/mol. The molecule has 0 radical (unpaired) electrons. The largest absolute Gasteiger partial charge is 0.471 e. The van der Waals surface area contributed by atoms with Crippen LogP contribution in [0.4, 0.5) is 24.5 Å². The van der Waals surface area contributed by atoms with Crippen LogP contribution in [0.25, 0.3) is 11.3 Å². The van der Waals surface area contributed by atoms with Gasteiger partial charge in [0.15, 0.2) is 5.78 Å². The van der Waals surface area contributed by atoms with E-state index in [9.17, 15) is 22.8 Å². The SMILES string of the molecule is CC1(C)CC(=O)C2=C(C1)Nc1ccccc1N(C(=O)C(F)(F)F)[C@@H]2c1ccc(-c2ccc(Br)cc2)o1. The average molecular weight is 559 g/mol. The molecule has 0 spiro atoms. The van der Waals surface area contributed by atoms with Gasteiger partial charge in [0.1, 0.15) is 17.6 Å². The maximum atomic E-state index is 14.0. The highest BCUT2D eigenvalue weighted by Gasteiger charge is 2.51. The lowest BCUT2D eigenvalue weighted by Gasteiger charge is -2.36. The number of furan rings is 1. The van der Waals surface area contributed by atoms with Crippen molar-refractivity contribution in [1.29, 1.82) is 0 Å². The molecule has 1 amide bonds. The van der Waals surface area contributed by atoms with E-state index in [0.717, 1.165) is 4.47 Å². The second-order valence-corrected chi connectivity index (χ2v) is 10.7. The van der Waals surface area contributed by atoms with Gasteiger partial charge in [0, 0.05) is 27.7 Å². The molecule has 0 unspecified atom stereocenters. The van der Waals surface area contributed by atoms with Crippen LogP contribution in [0, 0.1) is 5.41 Å². The van der Waals surface area contributed by atoms with Gasteiger partial charge in [-0.1, -0.05) is 54.0 Å². The van der Waals surface area contributed by atoms with E-state index in [0.29, 0.717) is 34.0 Å². The molecule has 3 aromatic rings. The number of carbonyl (C=O) groups is 2. The maximum absolute atomic E-state index is 14.0. The van der Waals surface area contributed by atoms with Gasteiger partial charge in [-0.2, -0.15) is 13.2 Å². The zero-order valence-electron chi connectivity index (χ0n) is 19.4. The van der Waals surface area contributed by atoms with Gasteiger partial charge in [0.25, 0.3) is 0 Å². The summed E-state index contributed by atoms with van der Waals surface area (Å²) in [5.74, 6) is -1.92. The Bertz CT molecular complexity index is 1390. The van der Waals surface area contributed by atoms with E-state index < -0.39 is 23.5 Å². The van der Waals surface area contributed by atoms with Gasteiger partial charge in [-0.3, -0.25) is 14.5 Å². The Morgan fingerprint density at radius 1 is 1.06 bits per heavy atom. The van der Waals surface area contributed by atoms with Gasteiger partial charge in [-0.05, 0) is 48.2 Å². The van der Waals surface area contributed by atoms with Crippen molar-refractivity contribution in [1.82, 2.24) is 0 Å². The molecule has 0 fully saturated rings. The molecule has 0 saturated carbocycles. The van der Waals surface area contributed by atoms with Crippen LogP contribution in [-0.2, 0) is 9.59 Å². The number of ketones is 1. The third-order valence-corrected chi connectivity index (χ3v) is 6.92. The first-order chi connectivity index (χ1) is 16.9. The zero-order valence-corrected chi connectivity index (χ0v) is 21.0. The van der Waals surface area contributed by atoms with E-state index >= 15 is 0 Å². The fraction of sp³-hybridized carbons (Fsp3) is 0.259. The number of benzene rings is 2. The van der Waals surface area contributed by atoms with Crippen molar-refractivity contribution >= 4 is 39.0 Å². The summed E-state index contributed by atoms with van der Waals surface area (Å²) in [4.78, 5) is 27.1. The number of rotatable bonds is 2. The molecule has 2 aromatic carbocycles. The molecule has 36 heavy (non-hydrogen) atoms. The lowest BCUT2D eigenvalue weighted by Crippen LogP contribution is -2.45. The summed E-state index contributed by atoms with van der Waals surface area (Å²) in [7, 11) is 0. The number of Topliss-reactive ketones (excluding diaryl/α,β-unsaturated/α-hetero) is 1. The first-order valence-electron chi connectivity index (χ1n) is 11.3. The minimum absolute atomic E-state index is 0.0198. The van der Waals surface area contributed by atoms with Gasteiger partial charge >= 0.3 is 12.1 Å². The summed E-state index contributed by atoms with van der Waals surface area (Å²) in [6.07, 6.45) is -4.61. The van der Waals surface area contributed by atoms with Gasteiger partial charge in [0.2, 0.25) is 0 Å². The van der Waals surface area contributed by atoms with Gasteiger partial charge in [-0.25, -0.2) is 0 Å². The van der Waals surface area contributed by atoms with E-state index in [-0.39, 0.29) is 29.2 Å². The predicted molar refractivity (Wildman–Crippen MR) is 133 cm³/mol. The van der Waals surface area contributed by atoms with Crippen molar-refractivity contribution in [2.24, 2.45) is 5.41 Å². The third kappa shape index (κ3) is 4.36. The lowest BCUT2D eigenvalue weighted by molar-refractivity contribution is -0.171. The molecule has 1 aliphatic heterocycles. The molecule has 5 rings (SSSR count). The molecule has 186 valence electrons. The van der Waals surface area contributed by atoms with Crippen LogP contribution in [0.5, 0.6) is 0 Å². The van der Waals surface area contributed by atoms with E-state index in [4.69, 9.17) is 4.42 Å². The van der Waals surface area contributed by atoms with E-state index in [1.807, 2.05) is 26.0 Å². The highest BCUT2D eigenvalue weighted by atomic mass is 79.9. The third-order valence-electron chi connectivity index (χ3n) is 6.39. The van der Waals surface area contributed by atoms with Crippen molar-refractivity contribution in [2.45, 2.75) is 38.9 Å². The highest BCUT2D eigenvalue weighted by Crippen LogP contribution is 2.49. The van der Waals surface area contributed by atoms with Gasteiger partial charge in [-0.15, -0.1) is 0 Å². The molecule has 9 heteroatoms. The summed E-state index contributed by atoms with van der Waals surface area (Å²) in [6, 6.07) is 15.3. The summed E-state index contributed by atoms with van der Waals surface area (Å²) in [5, 5.41) is 3.18. The Balaban J connectivity index is 1.75. The fourth-order valence-electron chi connectivity index (χ4n) is 4.89. The Morgan fingerprint density at radius 2 is 1.75 bits per heavy atom. The number of alkyl halides is 3. The van der Waals surface area contributed by atoms with Crippen LogP contribution in [0.15, 0.2) is 80.8 Å². The van der Waals surface area contributed by atoms with Crippen molar-refractivity contribution in [2.75, 3.05) is 10.2 Å². The van der Waals surface area contributed by atoms with Crippen molar-refractivity contribution < 1.29 is 27.2 Å². The molecule has 1 aliphatic carbocycles. The number of nitrogens with one attached hydrogen (secondary N) is 1. The molecule has 1 N–H and O–H groups in total. The summed E-state index contributed by atoms with van der Waals surface area (Å²) >= 11 is 3.37. The molecule has 0 saturated heterocycles. The molecular formula is C27H22BrF3N2O3. The Morgan fingerprint density at radius 3 is 2.44 bits per heavy atom. The number of halogens is 4. The van der Waals surface area contributed by atoms with Crippen LogP contribution in [0.3, 0.4) is 0 Å². The van der Waals surface area contributed by atoms with E-state index in [2.05, 4.69) is 21.2 Å². The molecule has 1 atom stereocenters. The van der Waals surface area contributed by atoms with Crippen LogP contribution in [-0.4, -0.2) is 17.9 Å². The van der Waals surface area contributed by atoms with Crippen LogP contribution < -0.4 is 10.2 Å². The minimum atomic E-state index is -5.17. The summed E-state index contributed by atoms with van der Waals surface area (Å²) < 4.78 is 48.8. The number of allylic oxidation sites excluding steroid dienone is 1. The van der Waals surface area contributed by atoms with Crippen molar-refractivity contribution in [3.8, 4) is 11.3 Å². The Hall–Kier alpha value is -3.33. The number of nitrogens with zero attached hydrogens (tertiary/aromatic N) is 1. The quantitative estimate of drug-likeness (QED) is 0.355. The molecule has 0 bridgehead atoms. The number of hydrogen-bond acceptors (Lipinski definition) is 4. The second kappa shape index (κ2) is 8.65. The van der Waals surface area contributed by atoms with Crippen LogP contribution in [0.1, 0.15) is 38.5 Å². The van der Waals surface area contributed by atoms with Crippen molar-refractivity contribution in [3.63, 3.8) is 0 Å². The molecular weight excluding hydrogens is 537 g/mol. The standard InChI is InChI=1S/C27H22BrF3N2O3/c1-26(2)13-18-23(20(34)14-26)24(22-12-11-21(36-22)15-7-9-16(28)10-8-15)33(25(35)27(29,30)31)19-6-4-3-5-17(19)32-18/h3-12,24,32H,13-14H2,1-2H3/t24-/m1/s1. The minimum Gasteiger partial charge on any atom is -0.459 e. The molecule has 1 aromatic heterocycles. The Kier molecular flexibility index (Phi) is 5.86. The second-order valence-electron chi connectivity index (χ2n) is 9.76. The Labute approximate surface area is 214 Å². The predicted octanol–water partition coefficient (Wildman–Crippen LogP) is 7.41. The first-order valence-corrected chi connectivity index (χ1v) is 12.1. The van der Waals surface area contributed by atoms with Gasteiger partial charge < -0.3 is 9.73 Å². The van der Waals surface area contributed by atoms with E-state index in [1.54, 1.807) is 36.4 Å². The summed E-state index contributed by atoms with van der Waals surface area (Å²) in [5.41, 5.74) is 1.24. The number of fused-ring (bicyclic) bond motifs is 1. The first kappa shape index (κ1) is 24.4. The molecule has 2 aliphatic rings. The number of para-hydroxylation sites is 2. The number of hydrogen-bond donors (Lipinski definition) is 1. The molecule has 5 nitrogen and oxygen atoms in total. The normalized spacial score (nSPS) is 19.3. The average Bonchev–Trinajstić information content (AvgIpc) is 3.22. The van der Waals surface area contributed by atoms with E-state index in [1.165, 1.54) is 12.1 Å². The van der Waals surface area contributed by atoms with Crippen LogP contribution in [0.2, 0.25) is 0 Å². The summed E-state index contributed by atoms with van der Waals surface area (Å²) in [6.45, 7) is 3.86.